The quantitative estimate of drug-likeness (QED) is 0.210. The fourth-order valence-electron chi connectivity index (χ4n) is 5.26. The molecule has 0 saturated carbocycles. The number of anilines is 2. The number of amides is 1. The van der Waals surface area contributed by atoms with Gasteiger partial charge in [0, 0.05) is 79.5 Å². The van der Waals surface area contributed by atoms with Crippen LogP contribution < -0.4 is 5.32 Å². The van der Waals surface area contributed by atoms with E-state index in [0.29, 0.717) is 12.1 Å². The number of rotatable bonds is 9. The lowest BCUT2D eigenvalue weighted by Crippen LogP contribution is -2.46. The zero-order valence-electron chi connectivity index (χ0n) is 24.8. The van der Waals surface area contributed by atoms with E-state index >= 15 is 0 Å². The van der Waals surface area contributed by atoms with Gasteiger partial charge in [-0.15, -0.1) is 0 Å². The monoisotopic (exact) mass is 600 g/mol. The van der Waals surface area contributed by atoms with E-state index in [0.717, 1.165) is 78.6 Å². The van der Waals surface area contributed by atoms with Crippen molar-refractivity contribution < 1.29 is 18.0 Å². The molecule has 1 saturated heterocycles. The van der Waals surface area contributed by atoms with Crippen molar-refractivity contribution in [3.63, 3.8) is 0 Å². The Balaban J connectivity index is 1.28. The van der Waals surface area contributed by atoms with E-state index in [1.165, 1.54) is 18.2 Å². The number of carbonyl (C=O) groups excluding carboxylic acids is 1. The Bertz CT molecular complexity index is 1560. The fraction of sp³-hybridized carbons (Fsp3) is 0.294. The number of nitrogens with zero attached hydrogens (tertiary/aromatic N) is 5. The van der Waals surface area contributed by atoms with Crippen molar-refractivity contribution in [3.8, 4) is 0 Å². The number of halogens is 3. The van der Waals surface area contributed by atoms with E-state index in [1.54, 1.807) is 12.3 Å². The van der Waals surface area contributed by atoms with Crippen LogP contribution in [0.15, 0.2) is 85.3 Å². The second-order valence-corrected chi connectivity index (χ2v) is 11.1. The van der Waals surface area contributed by atoms with Crippen LogP contribution in [0.2, 0.25) is 0 Å². The lowest BCUT2D eigenvalue weighted by molar-refractivity contribution is -0.137. The minimum absolute atomic E-state index is 0.0165. The second kappa shape index (κ2) is 13.8. The number of carbonyl (C=O) groups is 1. The highest BCUT2D eigenvalue weighted by atomic mass is 19.4. The molecule has 1 N–H and O–H groups in total. The zero-order chi connectivity index (χ0) is 31.1. The molecule has 3 heterocycles. The summed E-state index contributed by atoms with van der Waals surface area (Å²) < 4.78 is 38.9. The van der Waals surface area contributed by atoms with E-state index in [4.69, 9.17) is 0 Å². The van der Waals surface area contributed by atoms with Gasteiger partial charge in [0.1, 0.15) is 5.82 Å². The lowest BCUT2D eigenvalue weighted by atomic mass is 10.0. The molecular weight excluding hydrogens is 565 g/mol. The molecule has 0 unspecified atom stereocenters. The van der Waals surface area contributed by atoms with Gasteiger partial charge in [-0.25, -0.2) is 9.97 Å². The van der Waals surface area contributed by atoms with Crippen molar-refractivity contribution in [1.29, 1.82) is 0 Å². The number of benzene rings is 2. The number of nitrogens with one attached hydrogen (secondary N) is 1. The van der Waals surface area contributed by atoms with Crippen molar-refractivity contribution in [2.75, 3.05) is 18.4 Å². The molecule has 7 nitrogen and oxygen atoms in total. The summed E-state index contributed by atoms with van der Waals surface area (Å²) in [6.45, 7) is 6.60. The molecule has 0 atom stereocenters. The maximum absolute atomic E-state index is 13.6. The first-order valence-electron chi connectivity index (χ1n) is 14.6. The number of likely N-dealkylation sites (tertiary alicyclic amines) is 1. The maximum Gasteiger partial charge on any atom is 0.416 e. The Morgan fingerprint density at radius 1 is 0.932 bits per heavy atom. The average Bonchev–Trinajstić information content (AvgIpc) is 3.01. The number of alkyl halides is 3. The summed E-state index contributed by atoms with van der Waals surface area (Å²) in [5.41, 5.74) is 4.64. The van der Waals surface area contributed by atoms with E-state index in [2.05, 4.69) is 25.2 Å². The van der Waals surface area contributed by atoms with Gasteiger partial charge in [0.2, 0.25) is 5.91 Å². The van der Waals surface area contributed by atoms with Gasteiger partial charge in [-0.2, -0.15) is 13.2 Å². The third kappa shape index (κ3) is 8.50. The molecule has 4 aromatic rings. The predicted molar refractivity (Wildman–Crippen MR) is 165 cm³/mol. The largest absolute Gasteiger partial charge is 0.416 e. The van der Waals surface area contributed by atoms with Gasteiger partial charge in [-0.1, -0.05) is 24.3 Å². The maximum atomic E-state index is 13.6. The SMILES string of the molecule is Cc1cc(Nc2ccc(CN(C(=O)/C=C/c3ccc(C(F)(F)F)cc3)C3CCN(Cc4cnc(C)nc4)CC3)cc2)ccn1. The molecule has 5 rings (SSSR count). The summed E-state index contributed by atoms with van der Waals surface area (Å²) in [5.74, 6) is 0.562. The van der Waals surface area contributed by atoms with Crippen molar-refractivity contribution in [1.82, 2.24) is 24.8 Å². The van der Waals surface area contributed by atoms with Crippen LogP contribution in [0.25, 0.3) is 6.08 Å². The lowest BCUT2D eigenvalue weighted by Gasteiger charge is -2.38. The molecule has 10 heteroatoms. The standard InChI is InChI=1S/C34H35F3N6O/c1-24-19-31(13-16-38-24)41-30-10-5-27(6-11-30)23-43(33(44)12-7-26-3-8-29(9-4-26)34(35,36)37)32-14-17-42(18-15-32)22-28-20-39-25(2)40-21-28/h3-13,16,19-21,32H,14-15,17-18,22-23H2,1-2H3,(H,38,41)/b12-7+. The van der Waals surface area contributed by atoms with Crippen LogP contribution in [0.4, 0.5) is 24.5 Å². The van der Waals surface area contributed by atoms with E-state index in [1.807, 2.05) is 67.5 Å². The van der Waals surface area contributed by atoms with Gasteiger partial charge in [0.15, 0.2) is 0 Å². The highest BCUT2D eigenvalue weighted by Gasteiger charge is 2.30. The minimum atomic E-state index is -4.40. The van der Waals surface area contributed by atoms with Gasteiger partial charge in [0.25, 0.3) is 0 Å². The predicted octanol–water partition coefficient (Wildman–Crippen LogP) is 6.96. The first-order valence-corrected chi connectivity index (χ1v) is 14.6. The molecule has 0 spiro atoms. The molecule has 44 heavy (non-hydrogen) atoms. The van der Waals surface area contributed by atoms with Gasteiger partial charge < -0.3 is 10.2 Å². The molecular formula is C34H35F3N6O. The number of hydrogen-bond acceptors (Lipinski definition) is 6. The number of hydrogen-bond donors (Lipinski definition) is 1. The third-order valence-corrected chi connectivity index (χ3v) is 7.67. The average molecular weight is 601 g/mol. The molecule has 1 amide bonds. The molecule has 1 aliphatic rings. The van der Waals surface area contributed by atoms with Crippen LogP contribution in [0.1, 0.15) is 46.6 Å². The molecule has 2 aromatic carbocycles. The normalized spacial score (nSPS) is 14.6. The van der Waals surface area contributed by atoms with Crippen molar-refractivity contribution in [2.24, 2.45) is 0 Å². The Morgan fingerprint density at radius 3 is 2.25 bits per heavy atom. The highest BCUT2D eigenvalue weighted by molar-refractivity contribution is 5.92. The van der Waals surface area contributed by atoms with Crippen LogP contribution in [0.5, 0.6) is 0 Å². The number of piperidine rings is 1. The Labute approximate surface area is 255 Å². The summed E-state index contributed by atoms with van der Waals surface area (Å²) in [4.78, 5) is 30.6. The van der Waals surface area contributed by atoms with Gasteiger partial charge in [0.05, 0.1) is 5.56 Å². The van der Waals surface area contributed by atoms with Crippen molar-refractivity contribution in [3.05, 3.63) is 119 Å². The molecule has 1 fully saturated rings. The Hall–Kier alpha value is -4.57. The zero-order valence-corrected chi connectivity index (χ0v) is 24.8. The van der Waals surface area contributed by atoms with E-state index in [9.17, 15) is 18.0 Å². The fourth-order valence-corrected chi connectivity index (χ4v) is 5.26. The summed E-state index contributed by atoms with van der Waals surface area (Å²) >= 11 is 0. The van der Waals surface area contributed by atoms with Crippen LogP contribution >= 0.6 is 0 Å². The van der Waals surface area contributed by atoms with Crippen LogP contribution in [-0.2, 0) is 24.1 Å². The van der Waals surface area contributed by atoms with E-state index in [-0.39, 0.29) is 11.9 Å². The molecule has 0 radical (unpaired) electrons. The molecule has 0 aliphatic carbocycles. The van der Waals surface area contributed by atoms with Gasteiger partial charge in [-0.3, -0.25) is 14.7 Å². The number of aryl methyl sites for hydroxylation is 2. The Morgan fingerprint density at radius 2 is 1.61 bits per heavy atom. The summed E-state index contributed by atoms with van der Waals surface area (Å²) in [6.07, 6.45) is 5.69. The van der Waals surface area contributed by atoms with Crippen LogP contribution in [-0.4, -0.2) is 49.8 Å². The minimum Gasteiger partial charge on any atom is -0.355 e. The Kier molecular flexibility index (Phi) is 9.69. The highest BCUT2D eigenvalue weighted by Crippen LogP contribution is 2.29. The number of aromatic nitrogens is 3. The molecule has 228 valence electrons. The summed E-state index contributed by atoms with van der Waals surface area (Å²) in [5, 5.41) is 3.37. The first-order chi connectivity index (χ1) is 21.1. The van der Waals surface area contributed by atoms with E-state index < -0.39 is 11.7 Å². The van der Waals surface area contributed by atoms with Crippen LogP contribution in [0.3, 0.4) is 0 Å². The molecule has 2 aromatic heterocycles. The van der Waals surface area contributed by atoms with Crippen molar-refractivity contribution in [2.45, 2.75) is 52.0 Å². The summed E-state index contributed by atoms with van der Waals surface area (Å²) in [6, 6.07) is 16.7. The molecule has 1 aliphatic heterocycles. The first kappa shape index (κ1) is 30.9. The topological polar surface area (TPSA) is 74.2 Å². The number of pyridine rings is 1. The van der Waals surface area contributed by atoms with Gasteiger partial charge >= 0.3 is 6.18 Å². The molecule has 0 bridgehead atoms. The second-order valence-electron chi connectivity index (χ2n) is 11.1. The third-order valence-electron chi connectivity index (χ3n) is 7.67. The smallest absolute Gasteiger partial charge is 0.355 e. The summed E-state index contributed by atoms with van der Waals surface area (Å²) in [7, 11) is 0. The van der Waals surface area contributed by atoms with Gasteiger partial charge in [-0.05, 0) is 80.3 Å². The van der Waals surface area contributed by atoms with Crippen molar-refractivity contribution >= 4 is 23.4 Å². The van der Waals surface area contributed by atoms with Crippen LogP contribution in [0, 0.1) is 13.8 Å².